The number of carbonyl (C=O) groups is 1. The summed E-state index contributed by atoms with van der Waals surface area (Å²) in [5.74, 6) is 0.173. The average molecular weight is 411 g/mol. The Morgan fingerprint density at radius 3 is 2.85 bits per heavy atom. The minimum atomic E-state index is -0.320. The van der Waals surface area contributed by atoms with Crippen molar-refractivity contribution in [3.63, 3.8) is 0 Å². The Balaban J connectivity index is 0.00000131. The lowest BCUT2D eigenvalue weighted by molar-refractivity contribution is -0.116. The second-order valence-corrected chi connectivity index (χ2v) is 6.27. The van der Waals surface area contributed by atoms with Crippen LogP contribution < -0.4 is 10.6 Å². The van der Waals surface area contributed by atoms with Crippen molar-refractivity contribution in [3.05, 3.63) is 59.2 Å². The molecule has 8 heteroatoms. The van der Waals surface area contributed by atoms with E-state index in [1.807, 2.05) is 41.8 Å². The number of nitrogens with one attached hydrogen (secondary N) is 2. The molecule has 0 aliphatic carbocycles. The first-order valence-corrected chi connectivity index (χ1v) is 8.36. The smallest absolute Gasteiger partial charge is 0.244 e. The van der Waals surface area contributed by atoms with E-state index < -0.39 is 0 Å². The number of rotatable bonds is 3. The van der Waals surface area contributed by atoms with Crippen LogP contribution in [0.3, 0.4) is 0 Å². The van der Waals surface area contributed by atoms with Crippen molar-refractivity contribution in [1.29, 1.82) is 0 Å². The highest BCUT2D eigenvalue weighted by Gasteiger charge is 2.18. The van der Waals surface area contributed by atoms with Crippen LogP contribution >= 0.6 is 24.8 Å². The van der Waals surface area contributed by atoms with E-state index in [-0.39, 0.29) is 48.8 Å². The van der Waals surface area contributed by atoms with Gasteiger partial charge >= 0.3 is 0 Å². The lowest BCUT2D eigenvalue weighted by atomic mass is 9.99. The maximum absolute atomic E-state index is 14.7. The number of aryl methyl sites for hydroxylation is 1. The van der Waals surface area contributed by atoms with Gasteiger partial charge in [0.1, 0.15) is 18.2 Å². The molecule has 2 aromatic carbocycles. The first kappa shape index (κ1) is 21.2. The monoisotopic (exact) mass is 410 g/mol. The van der Waals surface area contributed by atoms with Gasteiger partial charge in [-0.1, -0.05) is 18.2 Å². The lowest BCUT2D eigenvalue weighted by Gasteiger charge is -2.19. The van der Waals surface area contributed by atoms with Gasteiger partial charge in [-0.3, -0.25) is 4.79 Å². The molecule has 0 bridgehead atoms. The van der Waals surface area contributed by atoms with Crippen molar-refractivity contribution in [3.8, 4) is 0 Å². The molecule has 2 heterocycles. The van der Waals surface area contributed by atoms with Crippen LogP contribution in [0.2, 0.25) is 0 Å². The zero-order valence-corrected chi connectivity index (χ0v) is 16.4. The molecule has 2 N–H and O–H groups in total. The number of fused-ring (bicyclic) bond motifs is 2. The first-order chi connectivity index (χ1) is 12.1. The predicted octanol–water partition coefficient (Wildman–Crippen LogP) is 3.61. The molecular formula is C19H21Cl2FN4O. The highest BCUT2D eigenvalue weighted by atomic mass is 35.5. The number of nitrogens with zero attached hydrogens (tertiary/aromatic N) is 2. The van der Waals surface area contributed by atoms with Gasteiger partial charge in [0.2, 0.25) is 5.91 Å². The number of para-hydroxylation sites is 2. The Morgan fingerprint density at radius 1 is 1.26 bits per heavy atom. The third-order valence-electron chi connectivity index (χ3n) is 4.63. The third kappa shape index (κ3) is 4.08. The van der Waals surface area contributed by atoms with Gasteiger partial charge < -0.3 is 15.2 Å². The minimum Gasteiger partial charge on any atom is -0.322 e. The number of benzene rings is 2. The molecule has 27 heavy (non-hydrogen) atoms. The van der Waals surface area contributed by atoms with Gasteiger partial charge in [-0.15, -0.1) is 24.8 Å². The van der Waals surface area contributed by atoms with Gasteiger partial charge in [0, 0.05) is 6.54 Å². The maximum Gasteiger partial charge on any atom is 0.244 e. The van der Waals surface area contributed by atoms with Crippen molar-refractivity contribution in [2.75, 3.05) is 11.9 Å². The van der Waals surface area contributed by atoms with Crippen LogP contribution in [0.25, 0.3) is 11.0 Å². The molecule has 1 aliphatic rings. The van der Waals surface area contributed by atoms with E-state index >= 15 is 0 Å². The second-order valence-electron chi connectivity index (χ2n) is 6.27. The normalized spacial score (nSPS) is 12.7. The summed E-state index contributed by atoms with van der Waals surface area (Å²) in [6.07, 6.45) is 0.635. The van der Waals surface area contributed by atoms with Crippen LogP contribution in [0.4, 0.5) is 10.1 Å². The molecule has 144 valence electrons. The number of imidazole rings is 1. The Labute approximate surface area is 169 Å². The van der Waals surface area contributed by atoms with Crippen LogP contribution in [-0.4, -0.2) is 22.0 Å². The molecule has 1 amide bonds. The second kappa shape index (κ2) is 8.69. The first-order valence-electron chi connectivity index (χ1n) is 8.36. The number of halogens is 3. The summed E-state index contributed by atoms with van der Waals surface area (Å²) in [6.45, 7) is 3.38. The molecule has 0 saturated carbocycles. The molecule has 0 radical (unpaired) electrons. The molecule has 0 fully saturated rings. The molecule has 0 unspecified atom stereocenters. The maximum atomic E-state index is 14.7. The quantitative estimate of drug-likeness (QED) is 0.693. The molecule has 4 rings (SSSR count). The largest absolute Gasteiger partial charge is 0.322 e. The fraction of sp³-hybridized carbons (Fsp3) is 0.263. The summed E-state index contributed by atoms with van der Waals surface area (Å²) in [7, 11) is 0. The van der Waals surface area contributed by atoms with Crippen molar-refractivity contribution >= 4 is 47.4 Å². The summed E-state index contributed by atoms with van der Waals surface area (Å²) < 4.78 is 16.5. The fourth-order valence-electron chi connectivity index (χ4n) is 3.36. The van der Waals surface area contributed by atoms with Crippen molar-refractivity contribution in [2.24, 2.45) is 0 Å². The molecule has 0 atom stereocenters. The minimum absolute atomic E-state index is 0. The van der Waals surface area contributed by atoms with E-state index in [9.17, 15) is 9.18 Å². The highest BCUT2D eigenvalue weighted by Crippen LogP contribution is 2.24. The van der Waals surface area contributed by atoms with Gasteiger partial charge in [0.25, 0.3) is 0 Å². The molecule has 3 aromatic rings. The van der Waals surface area contributed by atoms with Gasteiger partial charge in [-0.25, -0.2) is 9.37 Å². The summed E-state index contributed by atoms with van der Waals surface area (Å²) >= 11 is 0. The Kier molecular flexibility index (Phi) is 6.81. The number of anilines is 1. The fourth-order valence-corrected chi connectivity index (χ4v) is 3.36. The van der Waals surface area contributed by atoms with E-state index in [2.05, 4.69) is 15.6 Å². The zero-order valence-electron chi connectivity index (χ0n) is 14.8. The summed E-state index contributed by atoms with van der Waals surface area (Å²) in [5, 5.41) is 5.92. The zero-order chi connectivity index (χ0) is 17.4. The summed E-state index contributed by atoms with van der Waals surface area (Å²) in [5.41, 5.74) is 3.64. The summed E-state index contributed by atoms with van der Waals surface area (Å²) in [6, 6.07) is 11.2. The van der Waals surface area contributed by atoms with Gasteiger partial charge in [0.15, 0.2) is 0 Å². The van der Waals surface area contributed by atoms with Gasteiger partial charge in [-0.05, 0) is 49.2 Å². The Bertz CT molecular complexity index is 974. The Hall–Kier alpha value is -2.15. The van der Waals surface area contributed by atoms with E-state index in [0.717, 1.165) is 29.0 Å². The van der Waals surface area contributed by atoms with Crippen LogP contribution in [0.5, 0.6) is 0 Å². The molecule has 1 aromatic heterocycles. The number of carbonyl (C=O) groups excluding carboxylic acids is 1. The number of hydrogen-bond donors (Lipinski definition) is 2. The predicted molar refractivity (Wildman–Crippen MR) is 109 cm³/mol. The number of amides is 1. The van der Waals surface area contributed by atoms with Gasteiger partial charge in [0.05, 0.1) is 16.7 Å². The lowest BCUT2D eigenvalue weighted by Crippen LogP contribution is -2.26. The molecule has 5 nitrogen and oxygen atoms in total. The van der Waals surface area contributed by atoms with E-state index in [4.69, 9.17) is 0 Å². The highest BCUT2D eigenvalue weighted by molar-refractivity contribution is 5.92. The third-order valence-corrected chi connectivity index (χ3v) is 4.63. The standard InChI is InChI=1S/C19H19FN4O.2ClH/c1-12-22-15-4-2-3-5-17(15)24(12)11-18(25)23-16-7-6-13-10-21-9-8-14(13)19(16)20;;/h2-7,21H,8-11H2,1H3,(H,23,25);2*1H. The molecular weight excluding hydrogens is 390 g/mol. The van der Waals surface area contributed by atoms with Crippen LogP contribution in [0, 0.1) is 12.7 Å². The van der Waals surface area contributed by atoms with Crippen LogP contribution in [0.15, 0.2) is 36.4 Å². The van der Waals surface area contributed by atoms with Crippen molar-refractivity contribution < 1.29 is 9.18 Å². The number of hydrogen-bond acceptors (Lipinski definition) is 3. The molecule has 0 saturated heterocycles. The van der Waals surface area contributed by atoms with E-state index in [1.54, 1.807) is 6.07 Å². The average Bonchev–Trinajstić information content (AvgIpc) is 2.93. The van der Waals surface area contributed by atoms with Crippen molar-refractivity contribution in [1.82, 2.24) is 14.9 Å². The van der Waals surface area contributed by atoms with E-state index in [1.165, 1.54) is 0 Å². The topological polar surface area (TPSA) is 59.0 Å². The van der Waals surface area contributed by atoms with E-state index in [0.29, 0.717) is 18.5 Å². The molecule has 0 spiro atoms. The number of aromatic nitrogens is 2. The van der Waals surface area contributed by atoms with Gasteiger partial charge in [-0.2, -0.15) is 0 Å². The SMILES string of the molecule is Cc1nc2ccccc2n1CC(=O)Nc1ccc2c(c1F)CCNC2.Cl.Cl. The van der Waals surface area contributed by atoms with Crippen LogP contribution in [0.1, 0.15) is 17.0 Å². The molecule has 1 aliphatic heterocycles. The van der Waals surface area contributed by atoms with Crippen molar-refractivity contribution in [2.45, 2.75) is 26.4 Å². The van der Waals surface area contributed by atoms with Crippen LogP contribution in [-0.2, 0) is 24.3 Å². The summed E-state index contributed by atoms with van der Waals surface area (Å²) in [4.78, 5) is 16.9. The Morgan fingerprint density at radius 2 is 2.04 bits per heavy atom.